The molecule has 1 saturated heterocycles. The first-order valence-electron chi connectivity index (χ1n) is 6.94. The summed E-state index contributed by atoms with van der Waals surface area (Å²) in [6.45, 7) is 3.31. The standard InChI is InChI=1S/C12H22N4O4S/c1-4-12-13-11(14-20-12)7-16-5-9(10(17)6-16)8-21(18,19)15(2)3/h9-10,17H,4-8H2,1-3H3/t9-,10+/m0/s1. The van der Waals surface area contributed by atoms with Crippen LogP contribution in [-0.2, 0) is 23.0 Å². The first-order chi connectivity index (χ1) is 9.81. The van der Waals surface area contributed by atoms with E-state index in [-0.39, 0.29) is 11.7 Å². The maximum absolute atomic E-state index is 11.9. The summed E-state index contributed by atoms with van der Waals surface area (Å²) in [7, 11) is -0.314. The van der Waals surface area contributed by atoms with Crippen molar-refractivity contribution < 1.29 is 18.0 Å². The van der Waals surface area contributed by atoms with Crippen molar-refractivity contribution in [2.45, 2.75) is 26.0 Å². The molecule has 0 amide bonds. The van der Waals surface area contributed by atoms with Crippen LogP contribution in [0.4, 0.5) is 0 Å². The van der Waals surface area contributed by atoms with E-state index >= 15 is 0 Å². The van der Waals surface area contributed by atoms with Crippen LogP contribution in [0.2, 0.25) is 0 Å². The lowest BCUT2D eigenvalue weighted by molar-refractivity contribution is 0.147. The summed E-state index contributed by atoms with van der Waals surface area (Å²) >= 11 is 0. The number of nitrogens with zero attached hydrogens (tertiary/aromatic N) is 4. The molecule has 1 aliphatic heterocycles. The highest BCUT2D eigenvalue weighted by molar-refractivity contribution is 7.89. The van der Waals surface area contributed by atoms with Gasteiger partial charge in [-0.05, 0) is 0 Å². The Morgan fingerprint density at radius 3 is 2.71 bits per heavy atom. The molecule has 0 aliphatic carbocycles. The van der Waals surface area contributed by atoms with Gasteiger partial charge in [-0.2, -0.15) is 4.98 Å². The lowest BCUT2D eigenvalue weighted by atomic mass is 10.1. The third kappa shape index (κ3) is 4.00. The van der Waals surface area contributed by atoms with Crippen LogP contribution in [0.5, 0.6) is 0 Å². The van der Waals surface area contributed by atoms with Crippen LogP contribution < -0.4 is 0 Å². The van der Waals surface area contributed by atoms with Gasteiger partial charge in [0, 0.05) is 39.5 Å². The Labute approximate surface area is 124 Å². The third-order valence-corrected chi connectivity index (χ3v) is 5.60. The molecular formula is C12H22N4O4S. The van der Waals surface area contributed by atoms with E-state index in [9.17, 15) is 13.5 Å². The summed E-state index contributed by atoms with van der Waals surface area (Å²) in [6, 6.07) is 0. The van der Waals surface area contributed by atoms with Crippen molar-refractivity contribution >= 4 is 10.0 Å². The van der Waals surface area contributed by atoms with Crippen molar-refractivity contribution in [3.8, 4) is 0 Å². The number of aryl methyl sites for hydroxylation is 1. The molecule has 0 spiro atoms. The molecule has 120 valence electrons. The predicted octanol–water partition coefficient (Wildman–Crippen LogP) is -0.684. The number of hydrogen-bond acceptors (Lipinski definition) is 7. The molecule has 8 nitrogen and oxygen atoms in total. The molecule has 0 bridgehead atoms. The van der Waals surface area contributed by atoms with E-state index in [0.29, 0.717) is 37.8 Å². The second kappa shape index (κ2) is 6.39. The number of sulfonamides is 1. The Morgan fingerprint density at radius 2 is 2.14 bits per heavy atom. The van der Waals surface area contributed by atoms with Gasteiger partial charge in [0.1, 0.15) is 0 Å². The number of aromatic nitrogens is 2. The summed E-state index contributed by atoms with van der Waals surface area (Å²) in [5.41, 5.74) is 0. The first kappa shape index (κ1) is 16.3. The molecule has 1 aromatic heterocycles. The van der Waals surface area contributed by atoms with Gasteiger partial charge in [0.05, 0.1) is 18.4 Å². The molecule has 0 unspecified atom stereocenters. The van der Waals surface area contributed by atoms with Gasteiger partial charge in [0.15, 0.2) is 5.82 Å². The molecule has 1 aliphatic rings. The minimum atomic E-state index is -3.31. The summed E-state index contributed by atoms with van der Waals surface area (Å²) < 4.78 is 30.0. The van der Waals surface area contributed by atoms with Crippen LogP contribution in [0.3, 0.4) is 0 Å². The van der Waals surface area contributed by atoms with Gasteiger partial charge in [-0.25, -0.2) is 12.7 Å². The van der Waals surface area contributed by atoms with Crippen molar-refractivity contribution in [1.29, 1.82) is 0 Å². The van der Waals surface area contributed by atoms with Crippen LogP contribution in [0.1, 0.15) is 18.6 Å². The molecule has 0 radical (unpaired) electrons. The molecule has 1 aromatic rings. The van der Waals surface area contributed by atoms with Gasteiger partial charge in [0.2, 0.25) is 15.9 Å². The van der Waals surface area contributed by atoms with E-state index in [1.807, 2.05) is 11.8 Å². The van der Waals surface area contributed by atoms with Crippen LogP contribution in [0.25, 0.3) is 0 Å². The molecular weight excluding hydrogens is 296 g/mol. The number of β-amino-alcohol motifs (C(OH)–C–C–N with tert-alkyl or cyclic N) is 1. The lowest BCUT2D eigenvalue weighted by Gasteiger charge is -2.17. The van der Waals surface area contributed by atoms with E-state index in [2.05, 4.69) is 10.1 Å². The number of aliphatic hydroxyl groups is 1. The van der Waals surface area contributed by atoms with Crippen LogP contribution in [-0.4, -0.2) is 71.9 Å². The van der Waals surface area contributed by atoms with E-state index in [4.69, 9.17) is 4.52 Å². The third-order valence-electron chi connectivity index (χ3n) is 3.64. The summed E-state index contributed by atoms with van der Waals surface area (Å²) in [5, 5.41) is 13.9. The largest absolute Gasteiger partial charge is 0.391 e. The Balaban J connectivity index is 1.94. The normalized spacial score (nSPS) is 24.0. The van der Waals surface area contributed by atoms with Gasteiger partial charge in [-0.3, -0.25) is 4.90 Å². The Bertz CT molecular complexity index is 572. The molecule has 9 heteroatoms. The minimum absolute atomic E-state index is 0.0515. The summed E-state index contributed by atoms with van der Waals surface area (Å²) in [4.78, 5) is 6.17. The van der Waals surface area contributed by atoms with E-state index in [1.165, 1.54) is 18.4 Å². The van der Waals surface area contributed by atoms with Crippen LogP contribution in [0.15, 0.2) is 4.52 Å². The highest BCUT2D eigenvalue weighted by atomic mass is 32.2. The Hall–Kier alpha value is -1.03. The van der Waals surface area contributed by atoms with Crippen molar-refractivity contribution in [3.63, 3.8) is 0 Å². The molecule has 0 saturated carbocycles. The van der Waals surface area contributed by atoms with E-state index < -0.39 is 16.1 Å². The minimum Gasteiger partial charge on any atom is -0.391 e. The second-order valence-electron chi connectivity index (χ2n) is 5.54. The molecule has 2 atom stereocenters. The molecule has 0 aromatic carbocycles. The second-order valence-corrected chi connectivity index (χ2v) is 7.77. The monoisotopic (exact) mass is 318 g/mol. The zero-order valence-electron chi connectivity index (χ0n) is 12.6. The quantitative estimate of drug-likeness (QED) is 0.741. The van der Waals surface area contributed by atoms with Gasteiger partial charge in [-0.1, -0.05) is 12.1 Å². The van der Waals surface area contributed by atoms with Crippen LogP contribution in [0, 0.1) is 5.92 Å². The average molecular weight is 318 g/mol. The zero-order chi connectivity index (χ0) is 15.6. The molecule has 21 heavy (non-hydrogen) atoms. The number of hydrogen-bond donors (Lipinski definition) is 1. The topological polar surface area (TPSA) is 99.8 Å². The van der Waals surface area contributed by atoms with E-state index in [0.717, 1.165) is 0 Å². The van der Waals surface area contributed by atoms with E-state index in [1.54, 1.807) is 0 Å². The highest BCUT2D eigenvalue weighted by Gasteiger charge is 2.35. The Morgan fingerprint density at radius 1 is 1.43 bits per heavy atom. The zero-order valence-corrected chi connectivity index (χ0v) is 13.4. The maximum atomic E-state index is 11.9. The molecule has 1 fully saturated rings. The average Bonchev–Trinajstić information content (AvgIpc) is 2.97. The van der Waals surface area contributed by atoms with Gasteiger partial charge in [-0.15, -0.1) is 0 Å². The smallest absolute Gasteiger partial charge is 0.226 e. The summed E-state index contributed by atoms with van der Waals surface area (Å²) in [5.74, 6) is 0.797. The van der Waals surface area contributed by atoms with Crippen molar-refractivity contribution in [1.82, 2.24) is 19.3 Å². The molecule has 1 N–H and O–H groups in total. The van der Waals surface area contributed by atoms with Gasteiger partial charge in [0.25, 0.3) is 0 Å². The Kier molecular flexibility index (Phi) is 4.97. The highest BCUT2D eigenvalue weighted by Crippen LogP contribution is 2.21. The maximum Gasteiger partial charge on any atom is 0.226 e. The van der Waals surface area contributed by atoms with Crippen molar-refractivity contribution in [2.75, 3.05) is 32.9 Å². The number of likely N-dealkylation sites (tertiary alicyclic amines) is 1. The number of rotatable bonds is 6. The van der Waals surface area contributed by atoms with Crippen molar-refractivity contribution in [2.24, 2.45) is 5.92 Å². The number of aliphatic hydroxyl groups excluding tert-OH is 1. The fourth-order valence-electron chi connectivity index (χ4n) is 2.35. The summed E-state index contributed by atoms with van der Waals surface area (Å²) in [6.07, 6.45) is 0.0246. The predicted molar refractivity (Wildman–Crippen MR) is 75.9 cm³/mol. The van der Waals surface area contributed by atoms with Crippen molar-refractivity contribution in [3.05, 3.63) is 11.7 Å². The lowest BCUT2D eigenvalue weighted by Crippen LogP contribution is -2.33. The SMILES string of the molecule is CCc1nc(CN2C[C@@H](CS(=O)(=O)N(C)C)[C@H](O)C2)no1. The molecule has 2 heterocycles. The fraction of sp³-hybridized carbons (Fsp3) is 0.833. The van der Waals surface area contributed by atoms with Gasteiger partial charge < -0.3 is 9.63 Å². The fourth-order valence-corrected chi connectivity index (χ4v) is 3.52. The molecule has 2 rings (SSSR count). The first-order valence-corrected chi connectivity index (χ1v) is 8.54. The van der Waals surface area contributed by atoms with Crippen LogP contribution >= 0.6 is 0 Å². The van der Waals surface area contributed by atoms with Gasteiger partial charge >= 0.3 is 0 Å².